The van der Waals surface area contributed by atoms with Crippen molar-refractivity contribution in [2.24, 2.45) is 5.92 Å². The van der Waals surface area contributed by atoms with Crippen LogP contribution in [-0.2, 0) is 13.0 Å². The molecule has 4 heterocycles. The molecule has 1 saturated heterocycles. The Kier molecular flexibility index (Phi) is 6.12. The summed E-state index contributed by atoms with van der Waals surface area (Å²) in [5.41, 5.74) is 12.6. The molecule has 184 valence electrons. The quantitative estimate of drug-likeness (QED) is 0.374. The molecule has 0 amide bonds. The number of thiophene rings is 1. The molecule has 6 rings (SSSR count). The molecule has 0 spiro atoms. The second-order valence-electron chi connectivity index (χ2n) is 10.1. The number of nitrogen functional groups attached to an aromatic ring is 1. The lowest BCUT2D eigenvalue weighted by atomic mass is 9.99. The Morgan fingerprint density at radius 1 is 1.20 bits per heavy atom. The van der Waals surface area contributed by atoms with E-state index in [2.05, 4.69) is 44.8 Å². The molecule has 1 saturated carbocycles. The summed E-state index contributed by atoms with van der Waals surface area (Å²) in [6, 6.07) is 6.66. The molecule has 1 aliphatic heterocycles. The van der Waals surface area contributed by atoms with E-state index < -0.39 is 0 Å². The number of hydrogen-bond acceptors (Lipinski definition) is 7. The van der Waals surface area contributed by atoms with E-state index in [1.165, 1.54) is 63.0 Å². The molecule has 2 fully saturated rings. The van der Waals surface area contributed by atoms with Gasteiger partial charge in [0.05, 0.1) is 17.5 Å². The van der Waals surface area contributed by atoms with Gasteiger partial charge in [0.1, 0.15) is 17.6 Å². The van der Waals surface area contributed by atoms with E-state index >= 15 is 0 Å². The fourth-order valence-corrected chi connectivity index (χ4v) is 6.72. The Balaban J connectivity index is 1.53. The molecule has 0 unspecified atom stereocenters. The molecule has 35 heavy (non-hydrogen) atoms. The average molecular weight is 491 g/mol. The minimum atomic E-state index is 0.547. The minimum Gasteiger partial charge on any atom is -0.495 e. The number of nitrogens with one attached hydrogen (secondary N) is 1. The van der Waals surface area contributed by atoms with E-state index in [1.807, 2.05) is 0 Å². The zero-order chi connectivity index (χ0) is 23.9. The zero-order valence-corrected chi connectivity index (χ0v) is 21.5. The van der Waals surface area contributed by atoms with Crippen LogP contribution >= 0.6 is 11.3 Å². The average Bonchev–Trinajstić information content (AvgIpc) is 3.51. The van der Waals surface area contributed by atoms with Gasteiger partial charge >= 0.3 is 0 Å². The van der Waals surface area contributed by atoms with Crippen molar-refractivity contribution in [3.8, 4) is 16.2 Å². The van der Waals surface area contributed by atoms with Crippen LogP contribution < -0.4 is 15.8 Å². The Morgan fingerprint density at radius 3 is 2.80 bits per heavy atom. The van der Waals surface area contributed by atoms with E-state index in [0.29, 0.717) is 5.82 Å². The molecule has 1 aromatic carbocycles. The van der Waals surface area contributed by atoms with Crippen LogP contribution in [0.4, 0.5) is 5.82 Å². The molecule has 0 atom stereocenters. The van der Waals surface area contributed by atoms with Crippen molar-refractivity contribution in [2.45, 2.75) is 45.6 Å². The highest BCUT2D eigenvalue weighted by Gasteiger charge is 2.27. The summed E-state index contributed by atoms with van der Waals surface area (Å²) in [5, 5.41) is 9.42. The van der Waals surface area contributed by atoms with Gasteiger partial charge in [-0.2, -0.15) is 5.10 Å². The Hall–Kier alpha value is -2.68. The third-order valence-corrected chi connectivity index (χ3v) is 8.66. The van der Waals surface area contributed by atoms with Crippen LogP contribution in [0.1, 0.15) is 42.5 Å². The van der Waals surface area contributed by atoms with Crippen molar-refractivity contribution in [2.75, 3.05) is 39.0 Å². The summed E-state index contributed by atoms with van der Waals surface area (Å²) in [4.78, 5) is 8.17. The zero-order valence-electron chi connectivity index (χ0n) is 20.6. The number of hydrogen-bond donors (Lipinski definition) is 2. The summed E-state index contributed by atoms with van der Waals surface area (Å²) in [5.74, 6) is 2.40. The van der Waals surface area contributed by atoms with Crippen LogP contribution in [0.5, 0.6) is 5.75 Å². The molecule has 7 nitrogen and oxygen atoms in total. The number of nitrogens with two attached hydrogens (primary N) is 1. The normalized spacial score (nSPS) is 17.0. The lowest BCUT2D eigenvalue weighted by molar-refractivity contribution is 0.229. The van der Waals surface area contributed by atoms with Gasteiger partial charge in [-0.25, -0.2) is 9.50 Å². The molecule has 1 aliphatic carbocycles. The maximum absolute atomic E-state index is 6.56. The monoisotopic (exact) mass is 490 g/mol. The van der Waals surface area contributed by atoms with E-state index in [1.54, 1.807) is 24.8 Å². The molecule has 3 N–H and O–H groups in total. The first-order chi connectivity index (χ1) is 17.1. The first kappa shape index (κ1) is 22.8. The highest BCUT2D eigenvalue weighted by molar-refractivity contribution is 7.22. The summed E-state index contributed by atoms with van der Waals surface area (Å²) in [6.07, 6.45) is 7.93. The van der Waals surface area contributed by atoms with Crippen molar-refractivity contribution in [3.63, 3.8) is 0 Å². The number of piperazine rings is 1. The highest BCUT2D eigenvalue weighted by atomic mass is 32.1. The van der Waals surface area contributed by atoms with Crippen LogP contribution in [0.25, 0.3) is 26.0 Å². The van der Waals surface area contributed by atoms with E-state index in [0.717, 1.165) is 56.3 Å². The maximum atomic E-state index is 6.56. The first-order valence-electron chi connectivity index (χ1n) is 12.8. The van der Waals surface area contributed by atoms with E-state index in [9.17, 15) is 0 Å². The number of anilines is 1. The van der Waals surface area contributed by atoms with Crippen molar-refractivity contribution in [1.29, 1.82) is 0 Å². The smallest absolute Gasteiger partial charge is 0.152 e. The van der Waals surface area contributed by atoms with Crippen molar-refractivity contribution < 1.29 is 4.74 Å². The molecule has 3 aromatic heterocycles. The van der Waals surface area contributed by atoms with Gasteiger partial charge in [-0.3, -0.25) is 4.90 Å². The number of ether oxygens (including phenoxy) is 1. The van der Waals surface area contributed by atoms with E-state index in [4.69, 9.17) is 15.6 Å². The predicted octanol–water partition coefficient (Wildman–Crippen LogP) is 4.65. The van der Waals surface area contributed by atoms with Gasteiger partial charge in [0, 0.05) is 43.2 Å². The summed E-state index contributed by atoms with van der Waals surface area (Å²) in [7, 11) is 1.75. The second kappa shape index (κ2) is 9.41. The van der Waals surface area contributed by atoms with Crippen LogP contribution in [0.2, 0.25) is 0 Å². The fourth-order valence-electron chi connectivity index (χ4n) is 5.51. The fraction of sp³-hybridized carbons (Fsp3) is 0.481. The van der Waals surface area contributed by atoms with Gasteiger partial charge in [0.25, 0.3) is 0 Å². The van der Waals surface area contributed by atoms with Crippen LogP contribution in [0.15, 0.2) is 24.5 Å². The summed E-state index contributed by atoms with van der Waals surface area (Å²) < 4.78 is 9.00. The Labute approximate surface area is 210 Å². The number of benzene rings is 1. The second-order valence-corrected chi connectivity index (χ2v) is 11.1. The number of nitrogens with zero attached hydrogens (tertiary/aromatic N) is 4. The van der Waals surface area contributed by atoms with Gasteiger partial charge in [-0.05, 0) is 54.3 Å². The standard InChI is InChI=1S/C27H34N6OS/c1-17-12-19-14-23(35-26(19)22(13-17)34-2)24-20(5-3-4-18-6-7-18)21(15-32-10-8-29-9-11-32)33-25(24)27(28)30-16-31-33/h12-14,16,18,29H,3-11,15H2,1-2H3,(H2,28,30,31). The minimum absolute atomic E-state index is 0.547. The van der Waals surface area contributed by atoms with Gasteiger partial charge in [-0.1, -0.05) is 25.3 Å². The number of methoxy groups -OCH3 is 1. The lowest BCUT2D eigenvalue weighted by Gasteiger charge is -2.27. The maximum Gasteiger partial charge on any atom is 0.152 e. The van der Waals surface area contributed by atoms with Gasteiger partial charge < -0.3 is 15.8 Å². The van der Waals surface area contributed by atoms with Crippen LogP contribution in [0.3, 0.4) is 0 Å². The third kappa shape index (κ3) is 4.39. The number of aromatic nitrogens is 3. The van der Waals surface area contributed by atoms with Gasteiger partial charge in [0.2, 0.25) is 0 Å². The van der Waals surface area contributed by atoms with Gasteiger partial charge in [-0.15, -0.1) is 11.3 Å². The summed E-state index contributed by atoms with van der Waals surface area (Å²) >= 11 is 1.79. The van der Waals surface area contributed by atoms with Crippen LogP contribution in [-0.4, -0.2) is 52.8 Å². The lowest BCUT2D eigenvalue weighted by Crippen LogP contribution is -2.43. The van der Waals surface area contributed by atoms with Gasteiger partial charge in [0.15, 0.2) is 5.82 Å². The topological polar surface area (TPSA) is 80.7 Å². The SMILES string of the molecule is COc1cc(C)cc2cc(-c3c(CCCC4CC4)c(CN4CCNCC4)n4ncnc(N)c34)sc12. The largest absolute Gasteiger partial charge is 0.495 e. The molecule has 2 aliphatic rings. The Morgan fingerprint density at radius 2 is 2.03 bits per heavy atom. The highest BCUT2D eigenvalue weighted by Crippen LogP contribution is 2.45. The number of rotatable bonds is 8. The molecular formula is C27H34N6OS. The number of aryl methyl sites for hydroxylation is 1. The number of fused-ring (bicyclic) bond motifs is 2. The van der Waals surface area contributed by atoms with Crippen molar-refractivity contribution >= 4 is 32.8 Å². The predicted molar refractivity (Wildman–Crippen MR) is 143 cm³/mol. The molecule has 0 bridgehead atoms. The first-order valence-corrected chi connectivity index (χ1v) is 13.6. The third-order valence-electron chi connectivity index (χ3n) is 7.47. The van der Waals surface area contributed by atoms with Crippen molar-refractivity contribution in [1.82, 2.24) is 24.8 Å². The van der Waals surface area contributed by atoms with E-state index in [-0.39, 0.29) is 0 Å². The Bertz CT molecular complexity index is 1370. The summed E-state index contributed by atoms with van der Waals surface area (Å²) in [6.45, 7) is 7.15. The molecular weight excluding hydrogens is 456 g/mol. The van der Waals surface area contributed by atoms with Crippen LogP contribution in [0, 0.1) is 12.8 Å². The molecule has 0 radical (unpaired) electrons. The molecule has 8 heteroatoms. The van der Waals surface area contributed by atoms with Crippen molar-refractivity contribution in [3.05, 3.63) is 41.3 Å². The molecule has 4 aromatic rings.